The summed E-state index contributed by atoms with van der Waals surface area (Å²) in [6.45, 7) is 2.29. The smallest absolute Gasteiger partial charge is 0.270 e. The van der Waals surface area contributed by atoms with E-state index in [1.165, 1.54) is 12.1 Å². The lowest BCUT2D eigenvalue weighted by Crippen LogP contribution is -2.18. The Morgan fingerprint density at radius 3 is 2.76 bits per heavy atom. The molecule has 17 heavy (non-hydrogen) atoms. The summed E-state index contributed by atoms with van der Waals surface area (Å²) in [6, 6.07) is 4.37. The molecule has 6 heteroatoms. The van der Waals surface area contributed by atoms with Crippen molar-refractivity contribution in [2.24, 2.45) is 0 Å². The molecule has 0 amide bonds. The molecule has 0 heterocycles. The van der Waals surface area contributed by atoms with Gasteiger partial charge in [0.25, 0.3) is 5.69 Å². The molecule has 0 saturated heterocycles. The van der Waals surface area contributed by atoms with Gasteiger partial charge in [-0.1, -0.05) is 0 Å². The van der Waals surface area contributed by atoms with Crippen LogP contribution in [0, 0.1) is 10.1 Å². The van der Waals surface area contributed by atoms with Crippen molar-refractivity contribution in [3.05, 3.63) is 33.9 Å². The second-order valence-electron chi connectivity index (χ2n) is 3.57. The molecule has 0 radical (unpaired) electrons. The third-order valence-corrected chi connectivity index (χ3v) is 2.42. The van der Waals surface area contributed by atoms with Crippen LogP contribution in [0.25, 0.3) is 0 Å². The van der Waals surface area contributed by atoms with Gasteiger partial charge in [0.1, 0.15) is 11.9 Å². The molecule has 0 fully saturated rings. The molecule has 1 rings (SSSR count). The van der Waals surface area contributed by atoms with E-state index in [1.54, 1.807) is 13.2 Å². The lowest BCUT2D eigenvalue weighted by Gasteiger charge is -2.15. The monoisotopic (exact) mass is 259 g/mol. The molecule has 5 nitrogen and oxygen atoms in total. The highest BCUT2D eigenvalue weighted by atomic mass is 35.5. The number of hydrogen-bond donors (Lipinski definition) is 0. The summed E-state index contributed by atoms with van der Waals surface area (Å²) in [6.07, 6.45) is -0.136. The second-order valence-corrected chi connectivity index (χ2v) is 3.83. The van der Waals surface area contributed by atoms with Crippen molar-refractivity contribution in [3.8, 4) is 5.75 Å². The van der Waals surface area contributed by atoms with Gasteiger partial charge in [0.2, 0.25) is 0 Å². The second kappa shape index (κ2) is 6.42. The minimum Gasteiger partial charge on any atom is -0.488 e. The largest absolute Gasteiger partial charge is 0.488 e. The van der Waals surface area contributed by atoms with E-state index in [2.05, 4.69) is 0 Å². The number of nitro groups is 1. The molecule has 0 bridgehead atoms. The molecule has 1 unspecified atom stereocenters. The van der Waals surface area contributed by atoms with Crippen LogP contribution in [0.15, 0.2) is 18.2 Å². The molecule has 94 valence electrons. The third-order valence-electron chi connectivity index (χ3n) is 2.13. The van der Waals surface area contributed by atoms with E-state index in [9.17, 15) is 10.1 Å². The van der Waals surface area contributed by atoms with Crippen LogP contribution >= 0.6 is 11.6 Å². The SMILES string of the molecule is COCC(C)Oc1ccc([N+](=O)[O-])cc1CCl. The molecule has 0 aromatic heterocycles. The van der Waals surface area contributed by atoms with E-state index in [0.717, 1.165) is 0 Å². The number of hydrogen-bond acceptors (Lipinski definition) is 4. The summed E-state index contributed by atoms with van der Waals surface area (Å²) in [5.41, 5.74) is 0.608. The van der Waals surface area contributed by atoms with Gasteiger partial charge in [0, 0.05) is 24.8 Å². The Hall–Kier alpha value is -1.33. The summed E-state index contributed by atoms with van der Waals surface area (Å²) in [5.74, 6) is 0.714. The predicted molar refractivity (Wildman–Crippen MR) is 64.6 cm³/mol. The Kier molecular flexibility index (Phi) is 5.18. The Labute approximate surface area is 104 Å². The molecule has 0 N–H and O–H groups in total. The summed E-state index contributed by atoms with van der Waals surface area (Å²) in [4.78, 5) is 10.1. The van der Waals surface area contributed by atoms with Gasteiger partial charge in [-0.05, 0) is 13.0 Å². The molecule has 0 aliphatic heterocycles. The number of benzene rings is 1. The first-order valence-corrected chi connectivity index (χ1v) is 5.60. The minimum atomic E-state index is -0.460. The molecule has 0 saturated carbocycles. The number of methoxy groups -OCH3 is 1. The number of ether oxygens (including phenoxy) is 2. The highest BCUT2D eigenvalue weighted by Crippen LogP contribution is 2.26. The molecular formula is C11H14ClNO4. The minimum absolute atomic E-state index is 0.00685. The quantitative estimate of drug-likeness (QED) is 0.448. The summed E-state index contributed by atoms with van der Waals surface area (Å²) >= 11 is 5.74. The Bertz CT molecular complexity index is 397. The van der Waals surface area contributed by atoms with Gasteiger partial charge in [-0.15, -0.1) is 11.6 Å². The molecule has 0 aliphatic rings. The van der Waals surface area contributed by atoms with Gasteiger partial charge in [0.15, 0.2) is 0 Å². The maximum atomic E-state index is 10.6. The van der Waals surface area contributed by atoms with Crippen molar-refractivity contribution < 1.29 is 14.4 Å². The van der Waals surface area contributed by atoms with Gasteiger partial charge < -0.3 is 9.47 Å². The predicted octanol–water partition coefficient (Wildman–Crippen LogP) is 2.75. The van der Waals surface area contributed by atoms with Crippen molar-refractivity contribution in [1.82, 2.24) is 0 Å². The number of non-ortho nitro benzene ring substituents is 1. The van der Waals surface area contributed by atoms with Crippen molar-refractivity contribution >= 4 is 17.3 Å². The fourth-order valence-corrected chi connectivity index (χ4v) is 1.59. The molecule has 0 aliphatic carbocycles. The number of nitrogens with zero attached hydrogens (tertiary/aromatic N) is 1. The van der Waals surface area contributed by atoms with Gasteiger partial charge in [0.05, 0.1) is 17.4 Å². The van der Waals surface area contributed by atoms with Gasteiger partial charge in [-0.2, -0.15) is 0 Å². The zero-order valence-corrected chi connectivity index (χ0v) is 10.4. The highest BCUT2D eigenvalue weighted by molar-refractivity contribution is 6.17. The van der Waals surface area contributed by atoms with Crippen molar-refractivity contribution in [2.45, 2.75) is 18.9 Å². The van der Waals surface area contributed by atoms with Gasteiger partial charge in [-0.25, -0.2) is 0 Å². The van der Waals surface area contributed by atoms with E-state index < -0.39 is 4.92 Å². The van der Waals surface area contributed by atoms with Crippen molar-refractivity contribution in [2.75, 3.05) is 13.7 Å². The molecule has 0 spiro atoms. The average Bonchev–Trinajstić information content (AvgIpc) is 2.29. The molecule has 1 aromatic rings. The van der Waals surface area contributed by atoms with E-state index in [4.69, 9.17) is 21.1 Å². The van der Waals surface area contributed by atoms with Crippen molar-refractivity contribution in [1.29, 1.82) is 0 Å². The van der Waals surface area contributed by atoms with Crippen LogP contribution in [0.4, 0.5) is 5.69 Å². The lowest BCUT2D eigenvalue weighted by atomic mass is 10.2. The number of alkyl halides is 1. The van der Waals surface area contributed by atoms with Crippen LogP contribution in [0.3, 0.4) is 0 Å². The number of nitro benzene ring substituents is 1. The lowest BCUT2D eigenvalue weighted by molar-refractivity contribution is -0.384. The first kappa shape index (κ1) is 13.7. The first-order chi connectivity index (χ1) is 8.08. The summed E-state index contributed by atoms with van der Waals surface area (Å²) in [7, 11) is 1.58. The van der Waals surface area contributed by atoms with Crippen LogP contribution in [0.2, 0.25) is 0 Å². The van der Waals surface area contributed by atoms with Crippen LogP contribution < -0.4 is 4.74 Å². The van der Waals surface area contributed by atoms with Gasteiger partial charge >= 0.3 is 0 Å². The standard InChI is InChI=1S/C11H14ClNO4/c1-8(7-16-2)17-11-4-3-10(13(14)15)5-9(11)6-12/h3-5,8H,6-7H2,1-2H3. The Balaban J connectivity index is 2.88. The summed E-state index contributed by atoms with van der Waals surface area (Å²) in [5, 5.41) is 10.6. The highest BCUT2D eigenvalue weighted by Gasteiger charge is 2.13. The Morgan fingerprint density at radius 1 is 1.53 bits per heavy atom. The fourth-order valence-electron chi connectivity index (χ4n) is 1.38. The normalized spacial score (nSPS) is 12.2. The topological polar surface area (TPSA) is 61.6 Å². The van der Waals surface area contributed by atoms with Crippen LogP contribution in [0.5, 0.6) is 5.75 Å². The maximum absolute atomic E-state index is 10.6. The molecular weight excluding hydrogens is 246 g/mol. The zero-order chi connectivity index (χ0) is 12.8. The third kappa shape index (κ3) is 3.87. The zero-order valence-electron chi connectivity index (χ0n) is 9.68. The number of rotatable bonds is 6. The first-order valence-electron chi connectivity index (χ1n) is 5.07. The Morgan fingerprint density at radius 2 is 2.24 bits per heavy atom. The average molecular weight is 260 g/mol. The van der Waals surface area contributed by atoms with Crippen LogP contribution in [0.1, 0.15) is 12.5 Å². The van der Waals surface area contributed by atoms with E-state index >= 15 is 0 Å². The fraction of sp³-hybridized carbons (Fsp3) is 0.455. The van der Waals surface area contributed by atoms with Crippen molar-refractivity contribution in [3.63, 3.8) is 0 Å². The van der Waals surface area contributed by atoms with Crippen LogP contribution in [-0.4, -0.2) is 24.7 Å². The number of halogens is 1. The molecule has 1 atom stereocenters. The van der Waals surface area contributed by atoms with E-state index in [1.807, 2.05) is 6.92 Å². The van der Waals surface area contributed by atoms with E-state index in [0.29, 0.717) is 17.9 Å². The maximum Gasteiger partial charge on any atom is 0.270 e. The van der Waals surface area contributed by atoms with Gasteiger partial charge in [-0.3, -0.25) is 10.1 Å². The van der Waals surface area contributed by atoms with E-state index in [-0.39, 0.29) is 17.7 Å². The molecule has 1 aromatic carbocycles. The summed E-state index contributed by atoms with van der Waals surface area (Å²) < 4.78 is 10.5. The van der Waals surface area contributed by atoms with Crippen LogP contribution in [-0.2, 0) is 10.6 Å².